The molecule has 30 heavy (non-hydrogen) atoms. The van der Waals surface area contributed by atoms with Crippen molar-refractivity contribution in [3.63, 3.8) is 0 Å². The van der Waals surface area contributed by atoms with Gasteiger partial charge in [0.05, 0.1) is 6.42 Å². The highest BCUT2D eigenvalue weighted by Crippen LogP contribution is 2.25. The fourth-order valence-electron chi connectivity index (χ4n) is 3.59. The van der Waals surface area contributed by atoms with E-state index < -0.39 is 5.97 Å². The van der Waals surface area contributed by atoms with E-state index in [1.54, 1.807) is 0 Å². The number of piperidine rings is 1. The first-order valence-corrected chi connectivity index (χ1v) is 10.4. The van der Waals surface area contributed by atoms with Gasteiger partial charge in [0.2, 0.25) is 0 Å². The first kappa shape index (κ1) is 20.4. The van der Waals surface area contributed by atoms with E-state index >= 15 is 0 Å². The van der Waals surface area contributed by atoms with Crippen molar-refractivity contribution in [2.24, 2.45) is 4.99 Å². The minimum absolute atomic E-state index is 0.111. The van der Waals surface area contributed by atoms with Crippen molar-refractivity contribution < 1.29 is 14.6 Å². The van der Waals surface area contributed by atoms with Gasteiger partial charge >= 0.3 is 5.97 Å². The summed E-state index contributed by atoms with van der Waals surface area (Å²) in [5.74, 6) is 0.0472. The van der Waals surface area contributed by atoms with Crippen molar-refractivity contribution in [2.75, 3.05) is 19.6 Å². The molecular weight excluding hydrogens is 402 g/mol. The van der Waals surface area contributed by atoms with Crippen molar-refractivity contribution in [2.45, 2.75) is 25.6 Å². The summed E-state index contributed by atoms with van der Waals surface area (Å²) in [5.41, 5.74) is 4.39. The Labute approximate surface area is 180 Å². The number of likely N-dealkylation sites (tertiary alicyclic amines) is 1. The third-order valence-electron chi connectivity index (χ3n) is 5.29. The van der Waals surface area contributed by atoms with Crippen LogP contribution in [-0.4, -0.2) is 41.3 Å². The minimum atomic E-state index is -0.758. The van der Waals surface area contributed by atoms with E-state index in [0.29, 0.717) is 18.2 Å². The zero-order valence-electron chi connectivity index (χ0n) is 16.6. The maximum Gasteiger partial charge on any atom is 0.304 e. The highest BCUT2D eigenvalue weighted by Gasteiger charge is 2.24. The van der Waals surface area contributed by atoms with Gasteiger partial charge in [0.25, 0.3) is 0 Å². The lowest BCUT2D eigenvalue weighted by Crippen LogP contribution is -2.39. The molecule has 2 aromatic carbocycles. The molecule has 1 fully saturated rings. The number of benzene rings is 2. The highest BCUT2D eigenvalue weighted by atomic mass is 35.5. The summed E-state index contributed by atoms with van der Waals surface area (Å²) in [7, 11) is 0. The number of rotatable bonds is 7. The Hall–Kier alpha value is -2.83. The molecule has 7 heteroatoms. The van der Waals surface area contributed by atoms with Gasteiger partial charge in [-0.2, -0.15) is 0 Å². The Bertz CT molecular complexity index is 955. The summed E-state index contributed by atoms with van der Waals surface area (Å²) in [5, 5.41) is 12.9. The van der Waals surface area contributed by atoms with Crippen molar-refractivity contribution in [3.8, 4) is 5.75 Å². The average molecular weight is 426 g/mol. The van der Waals surface area contributed by atoms with Crippen LogP contribution in [-0.2, 0) is 11.4 Å². The van der Waals surface area contributed by atoms with Crippen LogP contribution in [0, 0.1) is 0 Å². The van der Waals surface area contributed by atoms with Crippen LogP contribution in [0.1, 0.15) is 30.1 Å². The van der Waals surface area contributed by atoms with E-state index in [2.05, 4.69) is 10.2 Å². The number of hydrogen-bond acceptors (Lipinski definition) is 5. The van der Waals surface area contributed by atoms with Crippen LogP contribution in [0.15, 0.2) is 65.3 Å². The second-order valence-corrected chi connectivity index (χ2v) is 7.91. The zero-order chi connectivity index (χ0) is 20.9. The molecule has 2 aromatic rings. The summed E-state index contributed by atoms with van der Waals surface area (Å²) in [4.78, 5) is 17.8. The van der Waals surface area contributed by atoms with Crippen LogP contribution < -0.4 is 10.1 Å². The Morgan fingerprint density at radius 1 is 1.20 bits per heavy atom. The van der Waals surface area contributed by atoms with E-state index in [1.807, 2.05) is 54.7 Å². The minimum Gasteiger partial charge on any atom is -0.489 e. The average Bonchev–Trinajstić information content (AvgIpc) is 2.77. The summed E-state index contributed by atoms with van der Waals surface area (Å²) in [6, 6.07) is 15.6. The third-order valence-corrected chi connectivity index (χ3v) is 5.54. The molecule has 0 saturated carbocycles. The van der Waals surface area contributed by atoms with Crippen molar-refractivity contribution in [1.29, 1.82) is 0 Å². The number of carbonyl (C=O) groups is 1. The molecule has 4 rings (SSSR count). The Morgan fingerprint density at radius 2 is 1.97 bits per heavy atom. The summed E-state index contributed by atoms with van der Waals surface area (Å²) >= 11 is 5.91. The second-order valence-electron chi connectivity index (χ2n) is 7.47. The summed E-state index contributed by atoms with van der Waals surface area (Å²) in [6.07, 6.45) is 2.92. The first-order valence-electron chi connectivity index (χ1n) is 10.0. The number of aliphatic imine (C=N–C) groups is 1. The predicted molar refractivity (Wildman–Crippen MR) is 117 cm³/mol. The van der Waals surface area contributed by atoms with Crippen molar-refractivity contribution in [1.82, 2.24) is 10.2 Å². The Kier molecular flexibility index (Phi) is 6.35. The van der Waals surface area contributed by atoms with Crippen molar-refractivity contribution >= 4 is 23.3 Å². The molecule has 6 nitrogen and oxygen atoms in total. The number of aliphatic carboxylic acids is 1. The fourth-order valence-corrected chi connectivity index (χ4v) is 3.72. The van der Waals surface area contributed by atoms with Gasteiger partial charge in [0.15, 0.2) is 0 Å². The van der Waals surface area contributed by atoms with E-state index in [-0.39, 0.29) is 12.6 Å². The second kappa shape index (κ2) is 9.32. The van der Waals surface area contributed by atoms with Gasteiger partial charge in [-0.1, -0.05) is 35.9 Å². The number of halogens is 1. The number of carboxylic acids is 1. The number of nitrogens with zero attached hydrogens (tertiary/aromatic N) is 2. The number of nitrogens with one attached hydrogen (secondary N) is 1. The maximum atomic E-state index is 10.8. The summed E-state index contributed by atoms with van der Waals surface area (Å²) in [6.45, 7) is 2.64. The lowest BCUT2D eigenvalue weighted by molar-refractivity contribution is -0.137. The number of ether oxygens (including phenoxy) is 1. The zero-order valence-corrected chi connectivity index (χ0v) is 17.3. The fraction of sp³-hybridized carbons (Fsp3) is 0.304. The van der Waals surface area contributed by atoms with Crippen LogP contribution >= 0.6 is 11.6 Å². The largest absolute Gasteiger partial charge is 0.489 e. The lowest BCUT2D eigenvalue weighted by atomic mass is 10.0. The highest BCUT2D eigenvalue weighted by molar-refractivity contribution is 6.30. The standard InChI is InChI=1S/C23H24ClN3O3/c24-19-5-1-16(2-6-19)15-30-20-7-3-17(4-8-20)23-25-13-18-14-27(12-10-22(28)29)11-9-21(18)26-23/h1-8,13,23,25H,9-12,14-15H2,(H,28,29). The van der Waals surface area contributed by atoms with E-state index in [0.717, 1.165) is 47.7 Å². The van der Waals surface area contributed by atoms with Crippen LogP contribution in [0.25, 0.3) is 0 Å². The summed E-state index contributed by atoms with van der Waals surface area (Å²) < 4.78 is 5.85. The smallest absolute Gasteiger partial charge is 0.304 e. The van der Waals surface area contributed by atoms with Gasteiger partial charge in [0, 0.05) is 48.6 Å². The molecule has 0 spiro atoms. The Balaban J connectivity index is 1.33. The molecule has 2 heterocycles. The van der Waals surface area contributed by atoms with Crippen LogP contribution in [0.2, 0.25) is 5.02 Å². The van der Waals surface area contributed by atoms with Gasteiger partial charge < -0.3 is 15.2 Å². The van der Waals surface area contributed by atoms with Crippen molar-refractivity contribution in [3.05, 3.63) is 76.5 Å². The number of carboxylic acid groups (broad SMARTS) is 1. The van der Waals surface area contributed by atoms with Gasteiger partial charge in [-0.3, -0.25) is 14.7 Å². The molecule has 0 aromatic heterocycles. The molecule has 2 aliphatic rings. The maximum absolute atomic E-state index is 10.8. The Morgan fingerprint density at radius 3 is 2.70 bits per heavy atom. The molecule has 156 valence electrons. The van der Waals surface area contributed by atoms with Gasteiger partial charge in [-0.05, 0) is 35.4 Å². The predicted octanol–water partition coefficient (Wildman–Crippen LogP) is 4.03. The van der Waals surface area contributed by atoms with Gasteiger partial charge in [0.1, 0.15) is 18.5 Å². The van der Waals surface area contributed by atoms with E-state index in [4.69, 9.17) is 26.4 Å². The molecule has 0 aliphatic carbocycles. The molecule has 1 saturated heterocycles. The number of hydrogen-bond donors (Lipinski definition) is 2. The normalized spacial score (nSPS) is 18.6. The molecule has 2 aliphatic heterocycles. The van der Waals surface area contributed by atoms with Gasteiger partial charge in [-0.15, -0.1) is 0 Å². The van der Waals surface area contributed by atoms with Crippen LogP contribution in [0.5, 0.6) is 5.75 Å². The van der Waals surface area contributed by atoms with Crippen LogP contribution in [0.3, 0.4) is 0 Å². The number of fused-ring (bicyclic) bond motifs is 1. The molecule has 1 atom stereocenters. The SMILES string of the molecule is O=C(O)CCN1CCC2=NC(c3ccc(OCc4ccc(Cl)cc4)cc3)NC=C2C1. The van der Waals surface area contributed by atoms with Crippen LogP contribution in [0.4, 0.5) is 0 Å². The van der Waals surface area contributed by atoms with E-state index in [1.165, 1.54) is 0 Å². The monoisotopic (exact) mass is 425 g/mol. The molecule has 0 bridgehead atoms. The quantitative estimate of drug-likeness (QED) is 0.700. The topological polar surface area (TPSA) is 74.2 Å². The van der Waals surface area contributed by atoms with Gasteiger partial charge in [-0.25, -0.2) is 0 Å². The third kappa shape index (κ3) is 5.20. The molecular formula is C23H24ClN3O3. The molecule has 2 N–H and O–H groups in total. The van der Waals surface area contributed by atoms with E-state index in [9.17, 15) is 4.79 Å². The molecule has 0 amide bonds. The molecule has 0 radical (unpaired) electrons. The molecule has 1 unspecified atom stereocenters. The first-order chi connectivity index (χ1) is 14.6. The lowest BCUT2D eigenvalue weighted by Gasteiger charge is -2.32.